The lowest BCUT2D eigenvalue weighted by Gasteiger charge is -2.20. The van der Waals surface area contributed by atoms with E-state index in [0.29, 0.717) is 11.3 Å². The molecule has 0 atom stereocenters. The van der Waals surface area contributed by atoms with E-state index in [0.717, 1.165) is 5.56 Å². The average Bonchev–Trinajstić information content (AvgIpc) is 2.79. The molecule has 2 aromatic carbocycles. The van der Waals surface area contributed by atoms with Gasteiger partial charge in [-0.25, -0.2) is 4.79 Å². The molecule has 1 N–H and O–H groups in total. The summed E-state index contributed by atoms with van der Waals surface area (Å²) in [5, 5.41) is 2.66. The number of amides is 2. The van der Waals surface area contributed by atoms with Gasteiger partial charge in [0.1, 0.15) is 6.54 Å². The minimum absolute atomic E-state index is 0.161. The van der Waals surface area contributed by atoms with Crippen LogP contribution in [0.5, 0.6) is 0 Å². The third-order valence-corrected chi connectivity index (χ3v) is 4.42. The number of nitrogens with one attached hydrogen (secondary N) is 1. The molecule has 2 aromatic rings. The Labute approximate surface area is 186 Å². The highest BCUT2D eigenvalue weighted by atomic mass is 16.5. The number of anilines is 1. The highest BCUT2D eigenvalue weighted by Gasteiger charge is 2.18. The Morgan fingerprint density at radius 1 is 1.00 bits per heavy atom. The molecule has 0 spiro atoms. The second-order valence-electron chi connectivity index (χ2n) is 6.84. The molecule has 2 rings (SSSR count). The zero-order valence-electron chi connectivity index (χ0n) is 18.3. The monoisotopic (exact) mass is 438 g/mol. The maximum Gasteiger partial charge on any atom is 0.337 e. The van der Waals surface area contributed by atoms with Gasteiger partial charge in [-0.15, -0.1) is 0 Å². The van der Waals surface area contributed by atoms with Gasteiger partial charge in [0.25, 0.3) is 5.91 Å². The van der Waals surface area contributed by atoms with E-state index in [4.69, 9.17) is 4.74 Å². The van der Waals surface area contributed by atoms with Gasteiger partial charge in [0.2, 0.25) is 5.91 Å². The van der Waals surface area contributed by atoms with E-state index in [-0.39, 0.29) is 25.3 Å². The first-order valence-corrected chi connectivity index (χ1v) is 10.0. The van der Waals surface area contributed by atoms with Crippen molar-refractivity contribution in [3.05, 3.63) is 77.4 Å². The topological polar surface area (TPSA) is 102 Å². The molecular weight excluding hydrogens is 412 g/mol. The molecule has 2 amide bonds. The highest BCUT2D eigenvalue weighted by Crippen LogP contribution is 2.12. The fourth-order valence-corrected chi connectivity index (χ4v) is 2.76. The van der Waals surface area contributed by atoms with Crippen molar-refractivity contribution in [2.75, 3.05) is 25.6 Å². The van der Waals surface area contributed by atoms with Gasteiger partial charge in [-0.05, 0) is 43.7 Å². The number of nitrogens with zero attached hydrogens (tertiary/aromatic N) is 1. The lowest BCUT2D eigenvalue weighted by molar-refractivity contribution is -0.148. The standard InChI is InChI=1S/C24H26N2O6/c1-4-32-22(28)16-26(15-18-8-6-5-7-9-18)21(27)14-17(2)23(29)25-20-12-10-19(11-13-20)24(30)31-3/h5-14H,4,15-16H2,1-3H3,(H,25,29)/b17-14+. The summed E-state index contributed by atoms with van der Waals surface area (Å²) in [6.45, 7) is 3.35. The van der Waals surface area contributed by atoms with Crippen LogP contribution in [0.3, 0.4) is 0 Å². The largest absolute Gasteiger partial charge is 0.465 e. The maximum atomic E-state index is 12.8. The molecule has 168 valence electrons. The van der Waals surface area contributed by atoms with Gasteiger partial charge in [-0.3, -0.25) is 14.4 Å². The smallest absolute Gasteiger partial charge is 0.337 e. The van der Waals surface area contributed by atoms with Crippen molar-refractivity contribution < 1.29 is 28.7 Å². The number of ether oxygens (including phenoxy) is 2. The molecule has 0 saturated heterocycles. The summed E-state index contributed by atoms with van der Waals surface area (Å²) >= 11 is 0. The molecule has 0 aromatic heterocycles. The van der Waals surface area contributed by atoms with Gasteiger partial charge in [-0.1, -0.05) is 30.3 Å². The Morgan fingerprint density at radius 2 is 1.66 bits per heavy atom. The number of esters is 2. The summed E-state index contributed by atoms with van der Waals surface area (Å²) in [5.74, 6) is -1.99. The lowest BCUT2D eigenvalue weighted by Crippen LogP contribution is -2.35. The normalized spacial score (nSPS) is 10.8. The van der Waals surface area contributed by atoms with Crippen LogP contribution in [-0.2, 0) is 30.4 Å². The zero-order valence-corrected chi connectivity index (χ0v) is 18.3. The third-order valence-electron chi connectivity index (χ3n) is 4.42. The maximum absolute atomic E-state index is 12.8. The minimum atomic E-state index is -0.530. The van der Waals surface area contributed by atoms with Crippen molar-refractivity contribution in [2.24, 2.45) is 0 Å². The molecule has 0 radical (unpaired) electrons. The number of benzene rings is 2. The lowest BCUT2D eigenvalue weighted by atomic mass is 10.2. The number of carbonyl (C=O) groups excluding carboxylic acids is 4. The fraction of sp³-hybridized carbons (Fsp3) is 0.250. The van der Waals surface area contributed by atoms with Crippen molar-refractivity contribution in [1.29, 1.82) is 0 Å². The van der Waals surface area contributed by atoms with E-state index in [9.17, 15) is 19.2 Å². The summed E-state index contributed by atoms with van der Waals surface area (Å²) in [7, 11) is 1.28. The average molecular weight is 438 g/mol. The Hall–Kier alpha value is -3.94. The van der Waals surface area contributed by atoms with Crippen LogP contribution >= 0.6 is 0 Å². The molecule has 0 heterocycles. The second-order valence-corrected chi connectivity index (χ2v) is 6.84. The van der Waals surface area contributed by atoms with Gasteiger partial charge in [0.15, 0.2) is 0 Å². The SMILES string of the molecule is CCOC(=O)CN(Cc1ccccc1)C(=O)/C=C(\C)C(=O)Nc1ccc(C(=O)OC)cc1. The van der Waals surface area contributed by atoms with Crippen molar-refractivity contribution in [3.63, 3.8) is 0 Å². The van der Waals surface area contributed by atoms with Gasteiger partial charge in [0.05, 0.1) is 19.3 Å². The molecule has 8 nitrogen and oxygen atoms in total. The number of rotatable bonds is 9. The molecular formula is C24H26N2O6. The van der Waals surface area contributed by atoms with Crippen LogP contribution in [0.1, 0.15) is 29.8 Å². The third kappa shape index (κ3) is 7.39. The zero-order chi connectivity index (χ0) is 23.5. The van der Waals surface area contributed by atoms with Gasteiger partial charge in [0, 0.05) is 23.9 Å². The molecule has 32 heavy (non-hydrogen) atoms. The van der Waals surface area contributed by atoms with Gasteiger partial charge in [-0.2, -0.15) is 0 Å². The van der Waals surface area contributed by atoms with Crippen LogP contribution < -0.4 is 5.32 Å². The molecule has 8 heteroatoms. The van der Waals surface area contributed by atoms with Gasteiger partial charge >= 0.3 is 11.9 Å². The summed E-state index contributed by atoms with van der Waals surface area (Å²) in [6, 6.07) is 15.4. The molecule has 0 aliphatic rings. The Kier molecular flexibility index (Phi) is 9.16. The minimum Gasteiger partial charge on any atom is -0.465 e. The molecule has 0 aliphatic carbocycles. The van der Waals surface area contributed by atoms with Gasteiger partial charge < -0.3 is 19.7 Å². The van der Waals surface area contributed by atoms with Crippen LogP contribution in [0, 0.1) is 0 Å². The van der Waals surface area contributed by atoms with E-state index >= 15 is 0 Å². The van der Waals surface area contributed by atoms with Crippen molar-refractivity contribution in [1.82, 2.24) is 4.90 Å². The highest BCUT2D eigenvalue weighted by molar-refractivity contribution is 6.07. The van der Waals surface area contributed by atoms with Crippen LogP contribution in [0.15, 0.2) is 66.2 Å². The van der Waals surface area contributed by atoms with Crippen LogP contribution in [-0.4, -0.2) is 48.9 Å². The quantitative estimate of drug-likeness (QED) is 0.477. The van der Waals surface area contributed by atoms with Crippen molar-refractivity contribution >= 4 is 29.4 Å². The molecule has 0 unspecified atom stereocenters. The summed E-state index contributed by atoms with van der Waals surface area (Å²) in [4.78, 5) is 50.1. The predicted molar refractivity (Wildman–Crippen MR) is 119 cm³/mol. The Balaban J connectivity index is 2.10. The molecule has 0 fully saturated rings. The van der Waals surface area contributed by atoms with Crippen LogP contribution in [0.25, 0.3) is 0 Å². The predicted octanol–water partition coefficient (Wildman–Crippen LogP) is 2.95. The Bertz CT molecular complexity index is 983. The number of carbonyl (C=O) groups is 4. The van der Waals surface area contributed by atoms with E-state index in [1.54, 1.807) is 19.1 Å². The number of hydrogen-bond donors (Lipinski definition) is 1. The van der Waals surface area contributed by atoms with Crippen LogP contribution in [0.4, 0.5) is 5.69 Å². The fourth-order valence-electron chi connectivity index (χ4n) is 2.76. The summed E-state index contributed by atoms with van der Waals surface area (Å²) in [6.07, 6.45) is 1.18. The van der Waals surface area contributed by atoms with E-state index in [2.05, 4.69) is 10.1 Å². The van der Waals surface area contributed by atoms with Crippen molar-refractivity contribution in [3.8, 4) is 0 Å². The van der Waals surface area contributed by atoms with E-state index in [1.807, 2.05) is 30.3 Å². The first-order chi connectivity index (χ1) is 15.3. The second kappa shape index (κ2) is 12.0. The summed E-state index contributed by atoms with van der Waals surface area (Å²) < 4.78 is 9.60. The number of hydrogen-bond acceptors (Lipinski definition) is 6. The van der Waals surface area contributed by atoms with Crippen molar-refractivity contribution in [2.45, 2.75) is 20.4 Å². The first-order valence-electron chi connectivity index (χ1n) is 10.0. The Morgan fingerprint density at radius 3 is 2.25 bits per heavy atom. The summed E-state index contributed by atoms with van der Waals surface area (Å²) in [5.41, 5.74) is 1.80. The van der Waals surface area contributed by atoms with Crippen LogP contribution in [0.2, 0.25) is 0 Å². The number of methoxy groups -OCH3 is 1. The van der Waals surface area contributed by atoms with E-state index < -0.39 is 23.8 Å². The first kappa shape index (κ1) is 24.3. The molecule has 0 saturated carbocycles. The molecule has 0 aliphatic heterocycles. The van der Waals surface area contributed by atoms with E-state index in [1.165, 1.54) is 37.1 Å². The molecule has 0 bridgehead atoms.